The number of nitrogens with zero attached hydrogens (tertiary/aromatic N) is 1. The number of carbonyl (C=O) groups is 1. The van der Waals surface area contributed by atoms with Crippen LogP contribution in [0.4, 0.5) is 0 Å². The Labute approximate surface area is 121 Å². The molecule has 3 aliphatic rings. The zero-order valence-electron chi connectivity index (χ0n) is 12.4. The Balaban J connectivity index is 1.44. The first kappa shape index (κ1) is 14.3. The van der Waals surface area contributed by atoms with Crippen molar-refractivity contribution in [1.29, 1.82) is 0 Å². The number of piperidine rings is 1. The van der Waals surface area contributed by atoms with Crippen LogP contribution < -0.4 is 10.6 Å². The van der Waals surface area contributed by atoms with Crippen molar-refractivity contribution >= 4 is 5.91 Å². The molecule has 2 aliphatic heterocycles. The molecule has 3 fully saturated rings. The highest BCUT2D eigenvalue weighted by Crippen LogP contribution is 2.29. The average molecular weight is 281 g/mol. The molecule has 0 spiro atoms. The van der Waals surface area contributed by atoms with E-state index in [0.717, 1.165) is 38.5 Å². The molecule has 0 bridgehead atoms. The topological polar surface area (TPSA) is 53.6 Å². The van der Waals surface area contributed by atoms with Crippen molar-refractivity contribution < 1.29 is 9.53 Å². The van der Waals surface area contributed by atoms with Crippen molar-refractivity contribution in [2.24, 2.45) is 5.92 Å². The largest absolute Gasteiger partial charge is 0.379 e. The number of likely N-dealkylation sites (N-methyl/N-ethyl adjacent to an activating group) is 1. The smallest absolute Gasteiger partial charge is 0.227 e. The third kappa shape index (κ3) is 3.32. The molecule has 2 heterocycles. The number of carbonyl (C=O) groups excluding carboxylic acids is 1. The van der Waals surface area contributed by atoms with E-state index in [1.165, 1.54) is 12.8 Å². The highest BCUT2D eigenvalue weighted by atomic mass is 16.5. The fourth-order valence-corrected chi connectivity index (χ4v) is 3.43. The number of hydrogen-bond acceptors (Lipinski definition) is 4. The van der Waals surface area contributed by atoms with E-state index in [1.807, 2.05) is 0 Å². The summed E-state index contributed by atoms with van der Waals surface area (Å²) in [7, 11) is 0. The van der Waals surface area contributed by atoms with Gasteiger partial charge in [0.25, 0.3) is 0 Å². The fourth-order valence-electron chi connectivity index (χ4n) is 3.43. The first-order valence-corrected chi connectivity index (χ1v) is 8.13. The monoisotopic (exact) mass is 281 g/mol. The van der Waals surface area contributed by atoms with Crippen molar-refractivity contribution in [1.82, 2.24) is 15.5 Å². The second kappa shape index (κ2) is 6.41. The van der Waals surface area contributed by atoms with Crippen LogP contribution in [0.25, 0.3) is 0 Å². The summed E-state index contributed by atoms with van der Waals surface area (Å²) in [5, 5.41) is 6.59. The Hall–Kier alpha value is -0.650. The minimum Gasteiger partial charge on any atom is -0.379 e. The summed E-state index contributed by atoms with van der Waals surface area (Å²) >= 11 is 0. The van der Waals surface area contributed by atoms with Gasteiger partial charge in [-0.15, -0.1) is 0 Å². The van der Waals surface area contributed by atoms with Gasteiger partial charge in [0.1, 0.15) is 0 Å². The van der Waals surface area contributed by atoms with E-state index in [4.69, 9.17) is 4.74 Å². The molecular formula is C15H27N3O2. The van der Waals surface area contributed by atoms with Gasteiger partial charge in [-0.05, 0) is 32.2 Å². The molecule has 5 heteroatoms. The molecule has 2 atom stereocenters. The van der Waals surface area contributed by atoms with Gasteiger partial charge in [0.05, 0.1) is 19.1 Å². The maximum atomic E-state index is 12.4. The summed E-state index contributed by atoms with van der Waals surface area (Å²) < 4.78 is 5.46. The second-order valence-electron chi connectivity index (χ2n) is 6.36. The van der Waals surface area contributed by atoms with Gasteiger partial charge in [-0.3, -0.25) is 4.79 Å². The highest BCUT2D eigenvalue weighted by molar-refractivity contribution is 5.80. The molecule has 2 N–H and O–H groups in total. The lowest BCUT2D eigenvalue weighted by atomic mass is 9.99. The Morgan fingerprint density at radius 2 is 1.95 bits per heavy atom. The molecule has 20 heavy (non-hydrogen) atoms. The van der Waals surface area contributed by atoms with Crippen LogP contribution >= 0.6 is 0 Å². The molecule has 0 aromatic heterocycles. The lowest BCUT2D eigenvalue weighted by Gasteiger charge is -2.33. The third-order valence-electron chi connectivity index (χ3n) is 4.82. The van der Waals surface area contributed by atoms with Crippen molar-refractivity contribution in [3.8, 4) is 0 Å². The van der Waals surface area contributed by atoms with E-state index in [9.17, 15) is 4.79 Å². The lowest BCUT2D eigenvalue weighted by Crippen LogP contribution is -2.50. The van der Waals surface area contributed by atoms with Crippen LogP contribution in [0.2, 0.25) is 0 Å². The van der Waals surface area contributed by atoms with Crippen molar-refractivity contribution in [3.63, 3.8) is 0 Å². The Bertz CT molecular complexity index is 338. The molecule has 3 rings (SSSR count). The van der Waals surface area contributed by atoms with Crippen molar-refractivity contribution in [2.45, 2.75) is 50.7 Å². The molecule has 2 saturated heterocycles. The van der Waals surface area contributed by atoms with Crippen LogP contribution in [0.3, 0.4) is 0 Å². The van der Waals surface area contributed by atoms with Gasteiger partial charge in [0.2, 0.25) is 5.91 Å². The van der Waals surface area contributed by atoms with Gasteiger partial charge in [0, 0.05) is 31.2 Å². The average Bonchev–Trinajstić information content (AvgIpc) is 3.20. The van der Waals surface area contributed by atoms with Gasteiger partial charge >= 0.3 is 0 Å². The summed E-state index contributed by atoms with van der Waals surface area (Å²) in [4.78, 5) is 15.0. The number of ether oxygens (including phenoxy) is 1. The zero-order valence-corrected chi connectivity index (χ0v) is 12.4. The van der Waals surface area contributed by atoms with Crippen molar-refractivity contribution in [2.75, 3.05) is 32.8 Å². The summed E-state index contributed by atoms with van der Waals surface area (Å²) in [6.07, 6.45) is 4.95. The standard InChI is InChI=1S/C15H27N3O2/c1-2-16-14-10-20-9-13(14)15(19)17-11-5-7-18(8-6-11)12-3-4-12/h11-14,16H,2-10H2,1H3,(H,17,19). The number of hydrogen-bond donors (Lipinski definition) is 2. The zero-order chi connectivity index (χ0) is 13.9. The summed E-state index contributed by atoms with van der Waals surface area (Å²) in [6, 6.07) is 1.40. The molecule has 5 nitrogen and oxygen atoms in total. The Morgan fingerprint density at radius 3 is 2.60 bits per heavy atom. The minimum atomic E-state index is -0.0172. The number of rotatable bonds is 5. The molecule has 0 radical (unpaired) electrons. The number of likely N-dealkylation sites (tertiary alicyclic amines) is 1. The lowest BCUT2D eigenvalue weighted by molar-refractivity contribution is -0.126. The second-order valence-corrected chi connectivity index (χ2v) is 6.36. The maximum Gasteiger partial charge on any atom is 0.227 e. The number of nitrogens with one attached hydrogen (secondary N) is 2. The summed E-state index contributed by atoms with van der Waals surface area (Å²) in [5.41, 5.74) is 0. The van der Waals surface area contributed by atoms with E-state index in [-0.39, 0.29) is 17.9 Å². The van der Waals surface area contributed by atoms with E-state index < -0.39 is 0 Å². The van der Waals surface area contributed by atoms with Crippen LogP contribution in [-0.4, -0.2) is 61.8 Å². The predicted molar refractivity (Wildman–Crippen MR) is 77.5 cm³/mol. The van der Waals surface area contributed by atoms with E-state index in [1.54, 1.807) is 0 Å². The predicted octanol–water partition coefficient (Wildman–Crippen LogP) is 0.354. The van der Waals surface area contributed by atoms with E-state index in [2.05, 4.69) is 22.5 Å². The van der Waals surface area contributed by atoms with Crippen LogP contribution in [-0.2, 0) is 9.53 Å². The Morgan fingerprint density at radius 1 is 1.20 bits per heavy atom. The minimum absolute atomic E-state index is 0.0172. The van der Waals surface area contributed by atoms with Crippen LogP contribution in [0.5, 0.6) is 0 Å². The molecular weight excluding hydrogens is 254 g/mol. The van der Waals surface area contributed by atoms with E-state index in [0.29, 0.717) is 19.3 Å². The van der Waals surface area contributed by atoms with E-state index >= 15 is 0 Å². The molecule has 1 aliphatic carbocycles. The SMILES string of the molecule is CCNC1COCC1C(=O)NC1CCN(C2CC2)CC1. The molecule has 0 aromatic carbocycles. The molecule has 2 unspecified atom stereocenters. The molecule has 1 saturated carbocycles. The maximum absolute atomic E-state index is 12.4. The van der Waals surface area contributed by atoms with Crippen LogP contribution in [0.15, 0.2) is 0 Å². The summed E-state index contributed by atoms with van der Waals surface area (Å²) in [5.74, 6) is 0.162. The van der Waals surface area contributed by atoms with Crippen LogP contribution in [0, 0.1) is 5.92 Å². The normalized spacial score (nSPS) is 32.5. The first-order chi connectivity index (χ1) is 9.78. The molecule has 0 aromatic rings. The van der Waals surface area contributed by atoms with Gasteiger partial charge in [-0.25, -0.2) is 0 Å². The Kier molecular flexibility index (Phi) is 4.58. The first-order valence-electron chi connectivity index (χ1n) is 8.13. The third-order valence-corrected chi connectivity index (χ3v) is 4.82. The summed E-state index contributed by atoms with van der Waals surface area (Å²) in [6.45, 7) is 6.47. The van der Waals surface area contributed by atoms with Crippen LogP contribution in [0.1, 0.15) is 32.6 Å². The van der Waals surface area contributed by atoms with Crippen molar-refractivity contribution in [3.05, 3.63) is 0 Å². The molecule has 1 amide bonds. The fraction of sp³-hybridized carbons (Fsp3) is 0.933. The van der Waals surface area contributed by atoms with Gasteiger partial charge in [-0.1, -0.05) is 6.92 Å². The van der Waals surface area contributed by atoms with Gasteiger partial charge in [-0.2, -0.15) is 0 Å². The van der Waals surface area contributed by atoms with Gasteiger partial charge < -0.3 is 20.3 Å². The highest BCUT2D eigenvalue weighted by Gasteiger charge is 2.36. The quantitative estimate of drug-likeness (QED) is 0.764. The number of amides is 1. The molecule has 114 valence electrons. The van der Waals surface area contributed by atoms with Gasteiger partial charge in [0.15, 0.2) is 0 Å².